The van der Waals surface area contributed by atoms with Crippen LogP contribution in [-0.4, -0.2) is 18.3 Å². The SMILES string of the molecule is CCCCOc1ccc(NC(=O)OC(C)(C)C)cc1. The minimum Gasteiger partial charge on any atom is -0.494 e. The number of carbonyl (C=O) groups is 1. The van der Waals surface area contributed by atoms with Gasteiger partial charge in [-0.15, -0.1) is 0 Å². The van der Waals surface area contributed by atoms with Gasteiger partial charge in [-0.1, -0.05) is 13.3 Å². The van der Waals surface area contributed by atoms with E-state index in [0.29, 0.717) is 5.69 Å². The Balaban J connectivity index is 2.45. The van der Waals surface area contributed by atoms with Crippen LogP contribution in [0.2, 0.25) is 0 Å². The minimum atomic E-state index is -0.493. The van der Waals surface area contributed by atoms with E-state index in [1.165, 1.54) is 0 Å². The Morgan fingerprint density at radius 2 is 1.84 bits per heavy atom. The molecule has 0 bridgehead atoms. The number of benzene rings is 1. The monoisotopic (exact) mass is 265 g/mol. The zero-order valence-corrected chi connectivity index (χ0v) is 12.2. The van der Waals surface area contributed by atoms with Gasteiger partial charge in [0.2, 0.25) is 0 Å². The molecule has 0 aliphatic heterocycles. The van der Waals surface area contributed by atoms with Crippen molar-refractivity contribution in [1.29, 1.82) is 0 Å². The predicted molar refractivity (Wildman–Crippen MR) is 76.7 cm³/mol. The van der Waals surface area contributed by atoms with E-state index in [0.717, 1.165) is 25.2 Å². The maximum absolute atomic E-state index is 11.6. The summed E-state index contributed by atoms with van der Waals surface area (Å²) in [6, 6.07) is 7.27. The van der Waals surface area contributed by atoms with Gasteiger partial charge in [-0.05, 0) is 51.5 Å². The fourth-order valence-electron chi connectivity index (χ4n) is 1.39. The molecule has 0 aromatic heterocycles. The topological polar surface area (TPSA) is 47.6 Å². The van der Waals surface area contributed by atoms with Gasteiger partial charge in [0, 0.05) is 5.69 Å². The first-order valence-corrected chi connectivity index (χ1v) is 6.63. The Kier molecular flexibility index (Phi) is 5.67. The molecule has 4 heteroatoms. The largest absolute Gasteiger partial charge is 0.494 e. The average molecular weight is 265 g/mol. The van der Waals surface area contributed by atoms with Gasteiger partial charge in [-0.2, -0.15) is 0 Å². The van der Waals surface area contributed by atoms with Gasteiger partial charge in [0.1, 0.15) is 11.4 Å². The summed E-state index contributed by atoms with van der Waals surface area (Å²) in [4.78, 5) is 11.6. The highest BCUT2D eigenvalue weighted by Crippen LogP contribution is 2.17. The quantitative estimate of drug-likeness (QED) is 0.811. The molecule has 0 radical (unpaired) electrons. The molecule has 0 saturated heterocycles. The molecule has 1 rings (SSSR count). The molecule has 0 fully saturated rings. The van der Waals surface area contributed by atoms with Crippen molar-refractivity contribution in [2.24, 2.45) is 0 Å². The van der Waals surface area contributed by atoms with Crippen LogP contribution in [0.5, 0.6) is 5.75 Å². The van der Waals surface area contributed by atoms with Crippen molar-refractivity contribution in [1.82, 2.24) is 0 Å². The van der Waals surface area contributed by atoms with Crippen molar-refractivity contribution < 1.29 is 14.3 Å². The normalized spacial score (nSPS) is 10.9. The fraction of sp³-hybridized carbons (Fsp3) is 0.533. The summed E-state index contributed by atoms with van der Waals surface area (Å²) in [5, 5.41) is 2.68. The standard InChI is InChI=1S/C15H23NO3/c1-5-6-11-18-13-9-7-12(8-10-13)16-14(17)19-15(2,3)4/h7-10H,5-6,11H2,1-4H3,(H,16,17). The molecule has 19 heavy (non-hydrogen) atoms. The maximum Gasteiger partial charge on any atom is 0.412 e. The number of amides is 1. The number of carbonyl (C=O) groups excluding carboxylic acids is 1. The summed E-state index contributed by atoms with van der Waals surface area (Å²) in [5.41, 5.74) is 0.199. The third-order valence-corrected chi connectivity index (χ3v) is 2.27. The Morgan fingerprint density at radius 3 is 2.37 bits per heavy atom. The molecular weight excluding hydrogens is 242 g/mol. The lowest BCUT2D eigenvalue weighted by Crippen LogP contribution is -2.27. The lowest BCUT2D eigenvalue weighted by atomic mass is 10.2. The smallest absolute Gasteiger partial charge is 0.412 e. The molecule has 1 aromatic rings. The number of hydrogen-bond donors (Lipinski definition) is 1. The van der Waals surface area contributed by atoms with Crippen LogP contribution in [0.1, 0.15) is 40.5 Å². The summed E-state index contributed by atoms with van der Waals surface area (Å²) in [7, 11) is 0. The van der Waals surface area contributed by atoms with Crippen LogP contribution in [0.4, 0.5) is 10.5 Å². The molecule has 0 aliphatic rings. The van der Waals surface area contributed by atoms with Gasteiger partial charge >= 0.3 is 6.09 Å². The van der Waals surface area contributed by atoms with E-state index in [2.05, 4.69) is 12.2 Å². The molecule has 1 amide bonds. The zero-order chi connectivity index (χ0) is 14.3. The number of anilines is 1. The van der Waals surface area contributed by atoms with Crippen molar-refractivity contribution >= 4 is 11.8 Å². The maximum atomic E-state index is 11.6. The lowest BCUT2D eigenvalue weighted by Gasteiger charge is -2.19. The van der Waals surface area contributed by atoms with E-state index < -0.39 is 11.7 Å². The molecule has 0 spiro atoms. The van der Waals surface area contributed by atoms with Crippen molar-refractivity contribution in [3.63, 3.8) is 0 Å². The summed E-state index contributed by atoms with van der Waals surface area (Å²) < 4.78 is 10.7. The summed E-state index contributed by atoms with van der Waals surface area (Å²) in [6.45, 7) is 8.33. The highest BCUT2D eigenvalue weighted by molar-refractivity contribution is 5.84. The van der Waals surface area contributed by atoms with E-state index in [-0.39, 0.29) is 0 Å². The van der Waals surface area contributed by atoms with Gasteiger partial charge in [0.25, 0.3) is 0 Å². The molecule has 0 saturated carbocycles. The first-order chi connectivity index (χ1) is 8.90. The van der Waals surface area contributed by atoms with Crippen LogP contribution in [0.15, 0.2) is 24.3 Å². The number of rotatable bonds is 5. The molecule has 0 atom stereocenters. The van der Waals surface area contributed by atoms with Crippen LogP contribution in [0.25, 0.3) is 0 Å². The molecule has 0 aliphatic carbocycles. The lowest BCUT2D eigenvalue weighted by molar-refractivity contribution is 0.0636. The van der Waals surface area contributed by atoms with Crippen LogP contribution in [0, 0.1) is 0 Å². The predicted octanol–water partition coefficient (Wildman–Crippen LogP) is 4.21. The highest BCUT2D eigenvalue weighted by atomic mass is 16.6. The molecule has 0 heterocycles. The molecule has 1 aromatic carbocycles. The average Bonchev–Trinajstić information content (AvgIpc) is 2.29. The number of nitrogens with one attached hydrogen (secondary N) is 1. The van der Waals surface area contributed by atoms with Gasteiger partial charge in [-0.25, -0.2) is 4.79 Å². The second-order valence-electron chi connectivity index (χ2n) is 5.35. The number of ether oxygens (including phenoxy) is 2. The summed E-state index contributed by atoms with van der Waals surface area (Å²) in [5.74, 6) is 0.809. The van der Waals surface area contributed by atoms with E-state index in [1.807, 2.05) is 32.9 Å². The third-order valence-electron chi connectivity index (χ3n) is 2.27. The van der Waals surface area contributed by atoms with Gasteiger partial charge in [-0.3, -0.25) is 5.32 Å². The second kappa shape index (κ2) is 7.02. The Bertz CT molecular complexity index is 393. The minimum absolute atomic E-state index is 0.452. The van der Waals surface area contributed by atoms with Crippen LogP contribution in [-0.2, 0) is 4.74 Å². The first-order valence-electron chi connectivity index (χ1n) is 6.63. The highest BCUT2D eigenvalue weighted by Gasteiger charge is 2.15. The van der Waals surface area contributed by atoms with E-state index in [9.17, 15) is 4.79 Å². The zero-order valence-electron chi connectivity index (χ0n) is 12.2. The summed E-state index contributed by atoms with van der Waals surface area (Å²) >= 11 is 0. The van der Waals surface area contributed by atoms with E-state index in [1.54, 1.807) is 12.1 Å². The molecule has 4 nitrogen and oxygen atoms in total. The van der Waals surface area contributed by atoms with Crippen molar-refractivity contribution in [2.45, 2.75) is 46.1 Å². The Labute approximate surface area is 115 Å². The number of hydrogen-bond acceptors (Lipinski definition) is 3. The Morgan fingerprint density at radius 1 is 1.21 bits per heavy atom. The molecule has 0 unspecified atom stereocenters. The van der Waals surface area contributed by atoms with Crippen molar-refractivity contribution in [3.05, 3.63) is 24.3 Å². The van der Waals surface area contributed by atoms with Crippen molar-refractivity contribution in [3.8, 4) is 5.75 Å². The van der Waals surface area contributed by atoms with Gasteiger partial charge in [0.05, 0.1) is 6.61 Å². The Hall–Kier alpha value is -1.71. The van der Waals surface area contributed by atoms with Gasteiger partial charge < -0.3 is 9.47 Å². The third kappa shape index (κ3) is 6.70. The first kappa shape index (κ1) is 15.3. The number of unbranched alkanes of at least 4 members (excludes halogenated alkanes) is 1. The molecule has 1 N–H and O–H groups in total. The fourth-order valence-corrected chi connectivity index (χ4v) is 1.39. The van der Waals surface area contributed by atoms with E-state index in [4.69, 9.17) is 9.47 Å². The molecular formula is C15H23NO3. The molecule has 106 valence electrons. The van der Waals surface area contributed by atoms with Crippen molar-refractivity contribution in [2.75, 3.05) is 11.9 Å². The van der Waals surface area contributed by atoms with Crippen LogP contribution >= 0.6 is 0 Å². The van der Waals surface area contributed by atoms with E-state index >= 15 is 0 Å². The van der Waals surface area contributed by atoms with Crippen LogP contribution < -0.4 is 10.1 Å². The van der Waals surface area contributed by atoms with Gasteiger partial charge in [0.15, 0.2) is 0 Å². The second-order valence-corrected chi connectivity index (χ2v) is 5.35. The summed E-state index contributed by atoms with van der Waals surface area (Å²) in [6.07, 6.45) is 1.70. The van der Waals surface area contributed by atoms with Crippen LogP contribution in [0.3, 0.4) is 0 Å².